The SMILES string of the molecule is C=C/N=C/C=C(/CC)CCC. The standard InChI is InChI=1S/C10H17N/c1-4-7-10(5-2)8-9-11-6-3/h6,8-9H,3-5,7H2,1-2H3/b10-8-,11-9+. The molecule has 0 aromatic heterocycles. The first kappa shape index (κ1) is 10.2. The molecule has 0 aromatic carbocycles. The van der Waals surface area contributed by atoms with E-state index in [1.807, 2.05) is 6.21 Å². The van der Waals surface area contributed by atoms with Gasteiger partial charge in [-0.05, 0) is 18.9 Å². The van der Waals surface area contributed by atoms with Gasteiger partial charge in [-0.15, -0.1) is 0 Å². The van der Waals surface area contributed by atoms with Crippen molar-refractivity contribution in [3.8, 4) is 0 Å². The lowest BCUT2D eigenvalue weighted by molar-refractivity contribution is 0.861. The zero-order chi connectivity index (χ0) is 8.53. The van der Waals surface area contributed by atoms with Gasteiger partial charge in [0.2, 0.25) is 0 Å². The Hall–Kier alpha value is -0.850. The molecule has 11 heavy (non-hydrogen) atoms. The van der Waals surface area contributed by atoms with Crippen molar-refractivity contribution in [2.45, 2.75) is 33.1 Å². The highest BCUT2D eigenvalue weighted by Crippen LogP contribution is 2.07. The lowest BCUT2D eigenvalue weighted by Crippen LogP contribution is -1.80. The molecule has 0 unspecified atom stereocenters. The van der Waals surface area contributed by atoms with Crippen LogP contribution < -0.4 is 0 Å². The smallest absolute Gasteiger partial charge is 0.0267 e. The van der Waals surface area contributed by atoms with E-state index in [9.17, 15) is 0 Å². The zero-order valence-electron chi connectivity index (χ0n) is 7.51. The second kappa shape index (κ2) is 7.26. The van der Waals surface area contributed by atoms with Crippen molar-refractivity contribution >= 4 is 6.21 Å². The number of hydrogen-bond acceptors (Lipinski definition) is 1. The second-order valence-corrected chi connectivity index (χ2v) is 2.41. The predicted octanol–water partition coefficient (Wildman–Crippen LogP) is 3.34. The molecule has 0 amide bonds. The van der Waals surface area contributed by atoms with Crippen LogP contribution in [0.5, 0.6) is 0 Å². The van der Waals surface area contributed by atoms with E-state index in [0.717, 1.165) is 6.42 Å². The van der Waals surface area contributed by atoms with Crippen LogP contribution in [0.25, 0.3) is 0 Å². The molecule has 0 heterocycles. The summed E-state index contributed by atoms with van der Waals surface area (Å²) in [6, 6.07) is 0. The predicted molar refractivity (Wildman–Crippen MR) is 52.0 cm³/mol. The topological polar surface area (TPSA) is 12.4 Å². The van der Waals surface area contributed by atoms with Crippen LogP contribution in [0.2, 0.25) is 0 Å². The summed E-state index contributed by atoms with van der Waals surface area (Å²) in [4.78, 5) is 3.90. The molecule has 0 aliphatic rings. The Labute approximate surface area is 69.5 Å². The van der Waals surface area contributed by atoms with Crippen LogP contribution in [-0.2, 0) is 0 Å². The first-order valence-electron chi connectivity index (χ1n) is 4.17. The Bertz CT molecular complexity index is 154. The van der Waals surface area contributed by atoms with Crippen LogP contribution in [0.15, 0.2) is 29.4 Å². The van der Waals surface area contributed by atoms with Gasteiger partial charge in [-0.2, -0.15) is 0 Å². The van der Waals surface area contributed by atoms with Crippen LogP contribution in [0, 0.1) is 0 Å². The van der Waals surface area contributed by atoms with Crippen molar-refractivity contribution < 1.29 is 0 Å². The van der Waals surface area contributed by atoms with Crippen molar-refractivity contribution in [3.05, 3.63) is 24.4 Å². The molecule has 0 atom stereocenters. The van der Waals surface area contributed by atoms with E-state index >= 15 is 0 Å². The van der Waals surface area contributed by atoms with Gasteiger partial charge in [0, 0.05) is 12.4 Å². The Morgan fingerprint density at radius 2 is 2.18 bits per heavy atom. The first-order chi connectivity index (χ1) is 5.35. The van der Waals surface area contributed by atoms with Crippen LogP contribution >= 0.6 is 0 Å². The molecule has 0 aromatic rings. The lowest BCUT2D eigenvalue weighted by atomic mass is 10.1. The molecule has 0 radical (unpaired) electrons. The fraction of sp³-hybridized carbons (Fsp3) is 0.500. The van der Waals surface area contributed by atoms with Gasteiger partial charge in [-0.25, -0.2) is 0 Å². The van der Waals surface area contributed by atoms with Gasteiger partial charge in [-0.1, -0.05) is 32.4 Å². The van der Waals surface area contributed by atoms with Gasteiger partial charge in [0.05, 0.1) is 0 Å². The Morgan fingerprint density at radius 3 is 2.64 bits per heavy atom. The van der Waals surface area contributed by atoms with E-state index < -0.39 is 0 Å². The molecular weight excluding hydrogens is 134 g/mol. The van der Waals surface area contributed by atoms with E-state index in [1.54, 1.807) is 6.20 Å². The van der Waals surface area contributed by atoms with Gasteiger partial charge in [0.1, 0.15) is 0 Å². The van der Waals surface area contributed by atoms with Gasteiger partial charge in [-0.3, -0.25) is 4.99 Å². The van der Waals surface area contributed by atoms with Crippen molar-refractivity contribution in [2.75, 3.05) is 0 Å². The Balaban J connectivity index is 3.88. The zero-order valence-corrected chi connectivity index (χ0v) is 7.51. The summed E-state index contributed by atoms with van der Waals surface area (Å²) in [6.45, 7) is 7.86. The van der Waals surface area contributed by atoms with Crippen molar-refractivity contribution in [1.29, 1.82) is 0 Å². The van der Waals surface area contributed by atoms with Gasteiger partial charge >= 0.3 is 0 Å². The number of hydrogen-bond donors (Lipinski definition) is 0. The van der Waals surface area contributed by atoms with Crippen LogP contribution in [0.3, 0.4) is 0 Å². The summed E-state index contributed by atoms with van der Waals surface area (Å²) in [5, 5.41) is 0. The van der Waals surface area contributed by atoms with E-state index in [1.165, 1.54) is 18.4 Å². The molecule has 0 bridgehead atoms. The fourth-order valence-electron chi connectivity index (χ4n) is 0.908. The molecule has 0 aliphatic carbocycles. The van der Waals surface area contributed by atoms with Crippen molar-refractivity contribution in [3.63, 3.8) is 0 Å². The minimum atomic E-state index is 1.12. The number of nitrogens with zero attached hydrogens (tertiary/aromatic N) is 1. The second-order valence-electron chi connectivity index (χ2n) is 2.41. The number of aliphatic imine (C=N–C) groups is 1. The molecule has 0 N–H and O–H groups in total. The van der Waals surface area contributed by atoms with E-state index in [4.69, 9.17) is 0 Å². The molecule has 62 valence electrons. The average Bonchev–Trinajstić information content (AvgIpc) is 2.03. The molecule has 1 heteroatoms. The summed E-state index contributed by atoms with van der Waals surface area (Å²) >= 11 is 0. The van der Waals surface area contributed by atoms with Gasteiger partial charge in [0.15, 0.2) is 0 Å². The maximum atomic E-state index is 3.90. The molecule has 0 fully saturated rings. The van der Waals surface area contributed by atoms with Crippen LogP contribution in [0.4, 0.5) is 0 Å². The molecule has 0 aliphatic heterocycles. The summed E-state index contributed by atoms with van der Waals surface area (Å²) in [5.41, 5.74) is 1.46. The highest BCUT2D eigenvalue weighted by atomic mass is 14.6. The third kappa shape index (κ3) is 5.59. The Kier molecular flexibility index (Phi) is 6.70. The molecule has 0 rings (SSSR count). The Morgan fingerprint density at radius 1 is 1.45 bits per heavy atom. The molecule has 0 saturated heterocycles. The largest absolute Gasteiger partial charge is 0.265 e. The van der Waals surface area contributed by atoms with Gasteiger partial charge < -0.3 is 0 Å². The van der Waals surface area contributed by atoms with Crippen LogP contribution in [0.1, 0.15) is 33.1 Å². The quantitative estimate of drug-likeness (QED) is 0.534. The maximum Gasteiger partial charge on any atom is 0.0267 e. The summed E-state index contributed by atoms with van der Waals surface area (Å²) < 4.78 is 0. The monoisotopic (exact) mass is 151 g/mol. The first-order valence-corrected chi connectivity index (χ1v) is 4.17. The molecular formula is C10H17N. The normalized spacial score (nSPS) is 12.4. The lowest BCUT2D eigenvalue weighted by Gasteiger charge is -1.97. The minimum absolute atomic E-state index is 1.12. The number of rotatable bonds is 5. The molecule has 0 spiro atoms. The van der Waals surface area contributed by atoms with Crippen LogP contribution in [-0.4, -0.2) is 6.21 Å². The van der Waals surface area contributed by atoms with Crippen molar-refractivity contribution in [1.82, 2.24) is 0 Å². The van der Waals surface area contributed by atoms with Crippen molar-refractivity contribution in [2.24, 2.45) is 4.99 Å². The maximum absolute atomic E-state index is 3.90. The summed E-state index contributed by atoms with van der Waals surface area (Å²) in [5.74, 6) is 0. The molecule has 1 nitrogen and oxygen atoms in total. The third-order valence-electron chi connectivity index (χ3n) is 1.53. The minimum Gasteiger partial charge on any atom is -0.265 e. The van der Waals surface area contributed by atoms with E-state index in [-0.39, 0.29) is 0 Å². The van der Waals surface area contributed by atoms with Gasteiger partial charge in [0.25, 0.3) is 0 Å². The molecule has 0 saturated carbocycles. The fourth-order valence-corrected chi connectivity index (χ4v) is 0.908. The average molecular weight is 151 g/mol. The van der Waals surface area contributed by atoms with E-state index in [0.29, 0.717) is 0 Å². The highest BCUT2D eigenvalue weighted by molar-refractivity contribution is 5.72. The highest BCUT2D eigenvalue weighted by Gasteiger charge is 1.88. The van der Waals surface area contributed by atoms with E-state index in [2.05, 4.69) is 31.5 Å². The number of allylic oxidation sites excluding steroid dienone is 2. The third-order valence-corrected chi connectivity index (χ3v) is 1.53. The summed E-state index contributed by atoms with van der Waals surface area (Å²) in [6.07, 6.45) is 8.95. The summed E-state index contributed by atoms with van der Waals surface area (Å²) in [7, 11) is 0.